The molecule has 1 amide bonds. The number of aromatic amines is 1. The van der Waals surface area contributed by atoms with E-state index in [1.807, 2.05) is 32.0 Å². The third kappa shape index (κ3) is 2.55. The van der Waals surface area contributed by atoms with Crippen LogP contribution in [0.2, 0.25) is 0 Å². The van der Waals surface area contributed by atoms with E-state index in [1.165, 1.54) is 5.56 Å². The quantitative estimate of drug-likeness (QED) is 0.855. The van der Waals surface area contributed by atoms with Gasteiger partial charge in [-0.05, 0) is 38.0 Å². The van der Waals surface area contributed by atoms with Crippen molar-refractivity contribution in [2.45, 2.75) is 33.7 Å². The maximum absolute atomic E-state index is 12.1. The lowest BCUT2D eigenvalue weighted by molar-refractivity contribution is 0.0926. The zero-order valence-corrected chi connectivity index (χ0v) is 11.4. The van der Waals surface area contributed by atoms with Gasteiger partial charge in [0.05, 0.1) is 0 Å². The molecule has 0 radical (unpaired) electrons. The Bertz CT molecular complexity index is 569. The van der Waals surface area contributed by atoms with Gasteiger partial charge in [-0.3, -0.25) is 4.79 Å². The van der Waals surface area contributed by atoms with Gasteiger partial charge < -0.3 is 10.3 Å². The van der Waals surface area contributed by atoms with E-state index in [0.717, 1.165) is 10.9 Å². The summed E-state index contributed by atoms with van der Waals surface area (Å²) in [7, 11) is 0. The Labute approximate surface area is 108 Å². The molecule has 0 aliphatic heterocycles. The number of amides is 1. The third-order valence-electron chi connectivity index (χ3n) is 3.38. The monoisotopic (exact) mass is 244 g/mol. The first-order valence-electron chi connectivity index (χ1n) is 6.37. The molecule has 0 saturated heterocycles. The fraction of sp³-hybridized carbons (Fsp3) is 0.400. The summed E-state index contributed by atoms with van der Waals surface area (Å²) in [6.45, 7) is 8.27. The van der Waals surface area contributed by atoms with Crippen LogP contribution in [-0.2, 0) is 0 Å². The molecular formula is C15H20N2O. The molecule has 1 atom stereocenters. The van der Waals surface area contributed by atoms with E-state index in [2.05, 4.69) is 30.2 Å². The number of rotatable bonds is 3. The van der Waals surface area contributed by atoms with Crippen LogP contribution in [0.5, 0.6) is 0 Å². The minimum atomic E-state index is -0.0370. The van der Waals surface area contributed by atoms with Gasteiger partial charge >= 0.3 is 0 Å². The van der Waals surface area contributed by atoms with Gasteiger partial charge in [-0.15, -0.1) is 0 Å². The summed E-state index contributed by atoms with van der Waals surface area (Å²) in [5.41, 5.74) is 2.83. The fourth-order valence-corrected chi connectivity index (χ4v) is 1.83. The molecule has 0 unspecified atom stereocenters. The zero-order chi connectivity index (χ0) is 13.3. The van der Waals surface area contributed by atoms with Gasteiger partial charge in [-0.1, -0.05) is 25.5 Å². The van der Waals surface area contributed by atoms with Crippen LogP contribution in [-0.4, -0.2) is 16.9 Å². The summed E-state index contributed by atoms with van der Waals surface area (Å²) in [6, 6.07) is 8.20. The summed E-state index contributed by atoms with van der Waals surface area (Å²) in [6.07, 6.45) is 0. The van der Waals surface area contributed by atoms with Crippen molar-refractivity contribution >= 4 is 16.8 Å². The highest BCUT2D eigenvalue weighted by Gasteiger charge is 2.14. The minimum absolute atomic E-state index is 0.0370. The summed E-state index contributed by atoms with van der Waals surface area (Å²) in [5.74, 6) is 0.394. The van der Waals surface area contributed by atoms with Gasteiger partial charge in [0.1, 0.15) is 5.69 Å². The van der Waals surface area contributed by atoms with E-state index in [-0.39, 0.29) is 11.9 Å². The van der Waals surface area contributed by atoms with Crippen LogP contribution >= 0.6 is 0 Å². The molecule has 96 valence electrons. The first-order valence-corrected chi connectivity index (χ1v) is 6.37. The molecule has 2 rings (SSSR count). The van der Waals surface area contributed by atoms with Crippen molar-refractivity contribution in [3.63, 3.8) is 0 Å². The van der Waals surface area contributed by atoms with Crippen molar-refractivity contribution in [2.75, 3.05) is 0 Å². The number of aryl methyl sites for hydroxylation is 1. The highest BCUT2D eigenvalue weighted by Crippen LogP contribution is 2.17. The van der Waals surface area contributed by atoms with E-state index >= 15 is 0 Å². The third-order valence-corrected chi connectivity index (χ3v) is 3.38. The Hall–Kier alpha value is -1.77. The first kappa shape index (κ1) is 12.7. The van der Waals surface area contributed by atoms with Gasteiger partial charge in [0.15, 0.2) is 0 Å². The molecule has 0 spiro atoms. The van der Waals surface area contributed by atoms with E-state index < -0.39 is 0 Å². The number of nitrogens with one attached hydrogen (secondary N) is 2. The fourth-order valence-electron chi connectivity index (χ4n) is 1.83. The average Bonchev–Trinajstić information content (AvgIpc) is 2.71. The number of hydrogen-bond donors (Lipinski definition) is 2. The van der Waals surface area contributed by atoms with Gasteiger partial charge in [0, 0.05) is 16.9 Å². The SMILES string of the molecule is Cc1ccc2[nH]c(C(=O)N[C@H](C)C(C)C)cc2c1. The van der Waals surface area contributed by atoms with Crippen molar-refractivity contribution in [3.05, 3.63) is 35.5 Å². The Morgan fingerprint density at radius 2 is 1.94 bits per heavy atom. The second-order valence-electron chi connectivity index (χ2n) is 5.28. The number of H-pyrrole nitrogens is 1. The Balaban J connectivity index is 2.23. The van der Waals surface area contributed by atoms with Gasteiger partial charge in [-0.25, -0.2) is 0 Å². The van der Waals surface area contributed by atoms with Crippen LogP contribution in [0, 0.1) is 12.8 Å². The molecule has 0 saturated carbocycles. The molecule has 1 aromatic carbocycles. The summed E-state index contributed by atoms with van der Waals surface area (Å²) >= 11 is 0. The predicted octanol–water partition coefficient (Wildman–Crippen LogP) is 3.25. The molecule has 0 bridgehead atoms. The lowest BCUT2D eigenvalue weighted by Crippen LogP contribution is -2.36. The van der Waals surface area contributed by atoms with Crippen LogP contribution in [0.1, 0.15) is 36.8 Å². The van der Waals surface area contributed by atoms with Crippen molar-refractivity contribution in [3.8, 4) is 0 Å². The molecule has 1 heterocycles. The molecule has 2 aromatic rings. The zero-order valence-electron chi connectivity index (χ0n) is 11.4. The predicted molar refractivity (Wildman–Crippen MR) is 74.8 cm³/mol. The molecule has 0 aliphatic carbocycles. The number of benzene rings is 1. The lowest BCUT2D eigenvalue weighted by Gasteiger charge is -2.16. The number of fused-ring (bicyclic) bond motifs is 1. The maximum Gasteiger partial charge on any atom is 0.267 e. The van der Waals surface area contributed by atoms with Crippen molar-refractivity contribution in [1.29, 1.82) is 0 Å². The van der Waals surface area contributed by atoms with Crippen LogP contribution in [0.15, 0.2) is 24.3 Å². The normalized spacial score (nSPS) is 12.9. The summed E-state index contributed by atoms with van der Waals surface area (Å²) in [4.78, 5) is 15.2. The first-order chi connectivity index (χ1) is 8.47. The van der Waals surface area contributed by atoms with Gasteiger partial charge in [0.2, 0.25) is 0 Å². The largest absolute Gasteiger partial charge is 0.351 e. The van der Waals surface area contributed by atoms with Crippen molar-refractivity contribution in [2.24, 2.45) is 5.92 Å². The van der Waals surface area contributed by atoms with E-state index in [0.29, 0.717) is 11.6 Å². The highest BCUT2D eigenvalue weighted by atomic mass is 16.1. The van der Waals surface area contributed by atoms with Crippen LogP contribution in [0.3, 0.4) is 0 Å². The number of aromatic nitrogens is 1. The average molecular weight is 244 g/mol. The van der Waals surface area contributed by atoms with E-state index in [1.54, 1.807) is 0 Å². The Kier molecular flexibility index (Phi) is 3.41. The number of carbonyl (C=O) groups excluding carboxylic acids is 1. The summed E-state index contributed by atoms with van der Waals surface area (Å²) in [5, 5.41) is 4.08. The van der Waals surface area contributed by atoms with Crippen molar-refractivity contribution in [1.82, 2.24) is 10.3 Å². The topological polar surface area (TPSA) is 44.9 Å². The van der Waals surface area contributed by atoms with Crippen LogP contribution < -0.4 is 5.32 Å². The standard InChI is InChI=1S/C15H20N2O/c1-9(2)11(4)16-15(18)14-8-12-7-10(3)5-6-13(12)17-14/h5-9,11,17H,1-4H3,(H,16,18)/t11-/m1/s1. The van der Waals surface area contributed by atoms with Gasteiger partial charge in [-0.2, -0.15) is 0 Å². The summed E-state index contributed by atoms with van der Waals surface area (Å²) < 4.78 is 0. The highest BCUT2D eigenvalue weighted by molar-refractivity contribution is 5.98. The van der Waals surface area contributed by atoms with Crippen LogP contribution in [0.25, 0.3) is 10.9 Å². The maximum atomic E-state index is 12.1. The molecule has 0 aliphatic rings. The second-order valence-corrected chi connectivity index (χ2v) is 5.28. The Morgan fingerprint density at radius 1 is 1.22 bits per heavy atom. The second kappa shape index (κ2) is 4.84. The molecule has 3 nitrogen and oxygen atoms in total. The molecule has 18 heavy (non-hydrogen) atoms. The number of carbonyl (C=O) groups is 1. The van der Waals surface area contributed by atoms with Gasteiger partial charge in [0.25, 0.3) is 5.91 Å². The molecule has 2 N–H and O–H groups in total. The van der Waals surface area contributed by atoms with Crippen molar-refractivity contribution < 1.29 is 4.79 Å². The minimum Gasteiger partial charge on any atom is -0.351 e. The molecular weight excluding hydrogens is 224 g/mol. The van der Waals surface area contributed by atoms with E-state index in [9.17, 15) is 4.79 Å². The lowest BCUT2D eigenvalue weighted by atomic mass is 10.1. The molecule has 0 fully saturated rings. The number of hydrogen-bond acceptors (Lipinski definition) is 1. The molecule has 3 heteroatoms. The Morgan fingerprint density at radius 3 is 2.61 bits per heavy atom. The van der Waals surface area contributed by atoms with Crippen LogP contribution in [0.4, 0.5) is 0 Å². The smallest absolute Gasteiger partial charge is 0.267 e. The van der Waals surface area contributed by atoms with E-state index in [4.69, 9.17) is 0 Å². The molecule has 1 aromatic heterocycles.